The number of rotatable bonds is 2. The van der Waals surface area contributed by atoms with Gasteiger partial charge in [0.1, 0.15) is 0 Å². The van der Waals surface area contributed by atoms with Crippen LogP contribution >= 0.6 is 0 Å². The van der Waals surface area contributed by atoms with Gasteiger partial charge in [0.05, 0.1) is 13.2 Å². The maximum absolute atomic E-state index is 9.67. The lowest BCUT2D eigenvalue weighted by molar-refractivity contribution is 0.261. The Kier molecular flexibility index (Phi) is 2.43. The first-order chi connectivity index (χ1) is 9.83. The fourth-order valence-corrected chi connectivity index (χ4v) is 3.26. The van der Waals surface area contributed by atoms with Crippen LogP contribution in [0.1, 0.15) is 11.1 Å². The van der Waals surface area contributed by atoms with Gasteiger partial charge < -0.3 is 10.2 Å². The van der Waals surface area contributed by atoms with Gasteiger partial charge in [-0.2, -0.15) is 0 Å². The average Bonchev–Trinajstić information content (AvgIpc) is 2.51. The summed E-state index contributed by atoms with van der Waals surface area (Å²) in [6.45, 7) is -0.101. The maximum Gasteiger partial charge on any atom is 0.0691 e. The van der Waals surface area contributed by atoms with Crippen LogP contribution in [0, 0.1) is 0 Å². The molecule has 0 saturated heterocycles. The quantitative estimate of drug-likeness (QED) is 0.542. The highest BCUT2D eigenvalue weighted by Crippen LogP contribution is 2.37. The van der Waals surface area contributed by atoms with Crippen molar-refractivity contribution in [1.82, 2.24) is 0 Å². The van der Waals surface area contributed by atoms with E-state index in [-0.39, 0.29) is 13.2 Å². The van der Waals surface area contributed by atoms with Gasteiger partial charge in [0.25, 0.3) is 0 Å². The lowest BCUT2D eigenvalue weighted by atomic mass is 9.90. The summed E-state index contributed by atoms with van der Waals surface area (Å²) < 4.78 is 0. The standard InChI is InChI=1S/C18H14O2/c19-9-14-8-13-5-4-11-2-1-3-12-6-7-15(16(14)10-20)18(13)17(11)12/h1-8,19-20H,9-10H2. The highest BCUT2D eigenvalue weighted by atomic mass is 16.3. The molecule has 0 aliphatic carbocycles. The highest BCUT2D eigenvalue weighted by Gasteiger charge is 2.13. The van der Waals surface area contributed by atoms with Crippen molar-refractivity contribution in [2.24, 2.45) is 0 Å². The second-order valence-corrected chi connectivity index (χ2v) is 5.19. The molecule has 2 heteroatoms. The third-order valence-electron chi connectivity index (χ3n) is 4.18. The minimum absolute atomic E-state index is 0.0492. The van der Waals surface area contributed by atoms with E-state index in [1.165, 1.54) is 21.5 Å². The minimum Gasteiger partial charge on any atom is -0.392 e. The molecule has 20 heavy (non-hydrogen) atoms. The van der Waals surface area contributed by atoms with E-state index in [9.17, 15) is 10.2 Å². The van der Waals surface area contributed by atoms with Gasteiger partial charge in [-0.3, -0.25) is 0 Å². The van der Waals surface area contributed by atoms with Crippen molar-refractivity contribution >= 4 is 32.3 Å². The van der Waals surface area contributed by atoms with Crippen molar-refractivity contribution in [3.63, 3.8) is 0 Å². The number of hydrogen-bond acceptors (Lipinski definition) is 2. The molecule has 0 spiro atoms. The molecule has 0 unspecified atom stereocenters. The van der Waals surface area contributed by atoms with E-state index < -0.39 is 0 Å². The summed E-state index contributed by atoms with van der Waals surface area (Å²) in [5, 5.41) is 26.2. The van der Waals surface area contributed by atoms with Crippen molar-refractivity contribution in [3.8, 4) is 0 Å². The summed E-state index contributed by atoms with van der Waals surface area (Å²) in [6, 6.07) is 16.6. The van der Waals surface area contributed by atoms with Gasteiger partial charge in [-0.05, 0) is 49.5 Å². The van der Waals surface area contributed by atoms with E-state index in [1.54, 1.807) is 0 Å². The Bertz CT molecular complexity index is 909. The van der Waals surface area contributed by atoms with Gasteiger partial charge in [-0.15, -0.1) is 0 Å². The summed E-state index contributed by atoms with van der Waals surface area (Å²) in [4.78, 5) is 0. The van der Waals surface area contributed by atoms with Gasteiger partial charge in [-0.25, -0.2) is 0 Å². The summed E-state index contributed by atoms with van der Waals surface area (Å²) in [5.74, 6) is 0. The number of hydrogen-bond donors (Lipinski definition) is 2. The lowest BCUT2D eigenvalue weighted by Crippen LogP contribution is -1.97. The normalized spacial score (nSPS) is 11.9. The molecule has 0 atom stereocenters. The van der Waals surface area contributed by atoms with Crippen LogP contribution in [0.25, 0.3) is 32.3 Å². The van der Waals surface area contributed by atoms with Gasteiger partial charge in [0.15, 0.2) is 0 Å². The van der Waals surface area contributed by atoms with Crippen molar-refractivity contribution in [2.75, 3.05) is 0 Å². The van der Waals surface area contributed by atoms with Crippen molar-refractivity contribution < 1.29 is 10.2 Å². The summed E-state index contributed by atoms with van der Waals surface area (Å²) in [7, 11) is 0. The lowest BCUT2D eigenvalue weighted by Gasteiger charge is -2.15. The molecule has 0 aliphatic heterocycles. The van der Waals surface area contributed by atoms with Crippen LogP contribution in [0.15, 0.2) is 48.5 Å². The third kappa shape index (κ3) is 1.40. The van der Waals surface area contributed by atoms with Gasteiger partial charge in [0, 0.05) is 0 Å². The first-order valence-electron chi connectivity index (χ1n) is 6.73. The molecule has 0 fully saturated rings. The van der Waals surface area contributed by atoms with E-state index >= 15 is 0 Å². The fraction of sp³-hybridized carbons (Fsp3) is 0.111. The zero-order valence-electron chi connectivity index (χ0n) is 10.9. The summed E-state index contributed by atoms with van der Waals surface area (Å²) >= 11 is 0. The van der Waals surface area contributed by atoms with E-state index in [1.807, 2.05) is 6.07 Å². The highest BCUT2D eigenvalue weighted by molar-refractivity contribution is 6.23. The molecule has 98 valence electrons. The molecule has 2 N–H and O–H groups in total. The molecule has 0 bridgehead atoms. The molecule has 0 aliphatic rings. The van der Waals surface area contributed by atoms with Crippen LogP contribution in [0.5, 0.6) is 0 Å². The molecular weight excluding hydrogens is 248 g/mol. The average molecular weight is 262 g/mol. The molecular formula is C18H14O2. The monoisotopic (exact) mass is 262 g/mol. The topological polar surface area (TPSA) is 40.5 Å². The number of benzene rings is 4. The summed E-state index contributed by atoms with van der Waals surface area (Å²) in [5.41, 5.74) is 1.64. The summed E-state index contributed by atoms with van der Waals surface area (Å²) in [6.07, 6.45) is 0. The number of aliphatic hydroxyl groups excluding tert-OH is 2. The molecule has 2 nitrogen and oxygen atoms in total. The van der Waals surface area contributed by atoms with Crippen molar-refractivity contribution in [1.29, 1.82) is 0 Å². The Morgan fingerprint density at radius 3 is 2.10 bits per heavy atom. The Labute approximate surface area is 116 Å². The molecule has 4 rings (SSSR count). The molecule has 0 amide bonds. The smallest absolute Gasteiger partial charge is 0.0691 e. The second kappa shape index (κ2) is 4.17. The Morgan fingerprint density at radius 1 is 0.700 bits per heavy atom. The van der Waals surface area contributed by atoms with Crippen LogP contribution in [-0.4, -0.2) is 10.2 Å². The number of aliphatic hydroxyl groups is 2. The van der Waals surface area contributed by atoms with Gasteiger partial charge >= 0.3 is 0 Å². The molecule has 0 aromatic heterocycles. The first-order valence-corrected chi connectivity index (χ1v) is 6.73. The second-order valence-electron chi connectivity index (χ2n) is 5.19. The minimum atomic E-state index is -0.0515. The zero-order valence-corrected chi connectivity index (χ0v) is 10.9. The van der Waals surface area contributed by atoms with Crippen LogP contribution in [0.2, 0.25) is 0 Å². The van der Waals surface area contributed by atoms with Crippen molar-refractivity contribution in [2.45, 2.75) is 13.2 Å². The maximum atomic E-state index is 9.67. The predicted octanol–water partition coefficient (Wildman–Crippen LogP) is 3.57. The molecule has 0 radical (unpaired) electrons. The fourth-order valence-electron chi connectivity index (χ4n) is 3.26. The van der Waals surface area contributed by atoms with E-state index in [0.717, 1.165) is 21.9 Å². The molecule has 0 heterocycles. The zero-order chi connectivity index (χ0) is 13.7. The van der Waals surface area contributed by atoms with Crippen LogP contribution < -0.4 is 0 Å². The predicted molar refractivity (Wildman–Crippen MR) is 82.0 cm³/mol. The van der Waals surface area contributed by atoms with E-state index in [0.29, 0.717) is 0 Å². The van der Waals surface area contributed by atoms with Crippen LogP contribution in [-0.2, 0) is 13.2 Å². The molecule has 0 saturated carbocycles. The molecule has 4 aromatic carbocycles. The SMILES string of the molecule is OCc1cc2ccc3cccc4ccc(c1CO)c2c34. The Morgan fingerprint density at radius 2 is 1.40 bits per heavy atom. The first kappa shape index (κ1) is 11.6. The van der Waals surface area contributed by atoms with Crippen LogP contribution in [0.3, 0.4) is 0 Å². The Balaban J connectivity index is 2.34. The Hall–Kier alpha value is -2.16. The molecule has 4 aromatic rings. The van der Waals surface area contributed by atoms with Gasteiger partial charge in [-0.1, -0.05) is 42.5 Å². The van der Waals surface area contributed by atoms with Crippen molar-refractivity contribution in [3.05, 3.63) is 59.7 Å². The van der Waals surface area contributed by atoms with Crippen LogP contribution in [0.4, 0.5) is 0 Å². The largest absolute Gasteiger partial charge is 0.392 e. The third-order valence-corrected chi connectivity index (χ3v) is 4.18. The van der Waals surface area contributed by atoms with E-state index in [4.69, 9.17) is 0 Å². The van der Waals surface area contributed by atoms with Gasteiger partial charge in [0.2, 0.25) is 0 Å². The van der Waals surface area contributed by atoms with E-state index in [2.05, 4.69) is 42.5 Å².